The first-order valence-corrected chi connectivity index (χ1v) is 11.3. The largest absolute Gasteiger partial charge is 0.357 e. The molecule has 1 aliphatic rings. The van der Waals surface area contributed by atoms with Gasteiger partial charge in [-0.05, 0) is 43.0 Å². The summed E-state index contributed by atoms with van der Waals surface area (Å²) in [4.78, 5) is 4.58. The minimum absolute atomic E-state index is 0.0239. The molecule has 0 atom stereocenters. The van der Waals surface area contributed by atoms with Gasteiger partial charge in [0.2, 0.25) is 10.0 Å². The summed E-state index contributed by atoms with van der Waals surface area (Å²) in [5.74, 6) is 0.651. The Kier molecular flexibility index (Phi) is 6.57. The first kappa shape index (κ1) is 20.2. The first-order valence-electron chi connectivity index (χ1n) is 9.66. The molecule has 1 heterocycles. The van der Waals surface area contributed by atoms with Gasteiger partial charge in [-0.2, -0.15) is 0 Å². The lowest BCUT2D eigenvalue weighted by molar-refractivity contribution is 0.591. The van der Waals surface area contributed by atoms with E-state index < -0.39 is 10.0 Å². The topological polar surface area (TPSA) is 73.8 Å². The summed E-state index contributed by atoms with van der Waals surface area (Å²) in [5.41, 5.74) is 4.24. The van der Waals surface area contributed by atoms with Crippen molar-refractivity contribution in [3.8, 4) is 0 Å². The number of benzene rings is 2. The molecule has 6 nitrogen and oxygen atoms in total. The highest BCUT2D eigenvalue weighted by atomic mass is 32.2. The maximum absolute atomic E-state index is 12.8. The van der Waals surface area contributed by atoms with Crippen LogP contribution in [-0.4, -0.2) is 39.8 Å². The normalized spacial score (nSPS) is 14.1. The Morgan fingerprint density at radius 1 is 1.11 bits per heavy atom. The van der Waals surface area contributed by atoms with Crippen molar-refractivity contribution < 1.29 is 8.42 Å². The second-order valence-electron chi connectivity index (χ2n) is 6.82. The van der Waals surface area contributed by atoms with Gasteiger partial charge in [0.15, 0.2) is 5.96 Å². The van der Waals surface area contributed by atoms with Crippen LogP contribution in [0.3, 0.4) is 0 Å². The molecule has 0 aliphatic carbocycles. The van der Waals surface area contributed by atoms with E-state index >= 15 is 0 Å². The third-order valence-electron chi connectivity index (χ3n) is 4.85. The zero-order chi connectivity index (χ0) is 20.0. The van der Waals surface area contributed by atoms with Crippen LogP contribution in [0.5, 0.6) is 0 Å². The fraction of sp³-hybridized carbons (Fsp3) is 0.381. The molecule has 7 heteroatoms. The van der Waals surface area contributed by atoms with Gasteiger partial charge in [0.05, 0.1) is 18.0 Å². The van der Waals surface area contributed by atoms with Gasteiger partial charge in [-0.1, -0.05) is 42.5 Å². The minimum Gasteiger partial charge on any atom is -0.357 e. The number of rotatable bonds is 7. The van der Waals surface area contributed by atoms with Crippen LogP contribution in [0.25, 0.3) is 0 Å². The molecule has 3 rings (SSSR count). The number of nitrogens with zero attached hydrogens (tertiary/aromatic N) is 2. The zero-order valence-electron chi connectivity index (χ0n) is 16.5. The van der Waals surface area contributed by atoms with Crippen molar-refractivity contribution >= 4 is 21.7 Å². The van der Waals surface area contributed by atoms with E-state index in [4.69, 9.17) is 0 Å². The van der Waals surface area contributed by atoms with Crippen LogP contribution in [-0.2, 0) is 23.0 Å². The summed E-state index contributed by atoms with van der Waals surface area (Å²) in [7, 11) is -3.37. The average Bonchev–Trinajstić information content (AvgIpc) is 3.12. The van der Waals surface area contributed by atoms with E-state index in [2.05, 4.69) is 34.7 Å². The van der Waals surface area contributed by atoms with Crippen LogP contribution in [0, 0.1) is 6.92 Å². The quantitative estimate of drug-likeness (QED) is 0.553. The number of aliphatic imine (C=N–C) groups is 1. The van der Waals surface area contributed by atoms with Gasteiger partial charge in [-0.25, -0.2) is 13.4 Å². The highest BCUT2D eigenvalue weighted by molar-refractivity contribution is 7.92. The molecular weight excluding hydrogens is 372 g/mol. The van der Waals surface area contributed by atoms with E-state index in [0.717, 1.165) is 23.2 Å². The zero-order valence-corrected chi connectivity index (χ0v) is 17.3. The summed E-state index contributed by atoms with van der Waals surface area (Å²) >= 11 is 0. The molecule has 0 radical (unpaired) electrons. The number of aryl methyl sites for hydroxylation is 1. The molecule has 0 spiro atoms. The molecule has 0 saturated heterocycles. The molecule has 0 amide bonds. The van der Waals surface area contributed by atoms with E-state index in [0.29, 0.717) is 32.1 Å². The van der Waals surface area contributed by atoms with E-state index in [-0.39, 0.29) is 5.75 Å². The van der Waals surface area contributed by atoms with Gasteiger partial charge in [0, 0.05) is 19.6 Å². The Labute approximate surface area is 167 Å². The van der Waals surface area contributed by atoms with Crippen molar-refractivity contribution in [3.63, 3.8) is 0 Å². The maximum Gasteiger partial charge on any atom is 0.236 e. The molecule has 0 unspecified atom stereocenters. The lowest BCUT2D eigenvalue weighted by Gasteiger charge is -2.20. The van der Waals surface area contributed by atoms with E-state index in [1.807, 2.05) is 43.3 Å². The minimum atomic E-state index is -3.37. The number of nitrogens with one attached hydrogen (secondary N) is 2. The molecule has 2 aromatic carbocycles. The van der Waals surface area contributed by atoms with E-state index in [1.54, 1.807) is 0 Å². The van der Waals surface area contributed by atoms with Crippen molar-refractivity contribution in [1.82, 2.24) is 10.6 Å². The Morgan fingerprint density at radius 2 is 1.86 bits per heavy atom. The molecule has 1 aliphatic heterocycles. The Morgan fingerprint density at radius 3 is 2.64 bits per heavy atom. The fourth-order valence-corrected chi connectivity index (χ4v) is 4.73. The second-order valence-corrected chi connectivity index (χ2v) is 8.83. The molecular formula is C21H28N4O2S. The van der Waals surface area contributed by atoms with Gasteiger partial charge < -0.3 is 10.6 Å². The van der Waals surface area contributed by atoms with Crippen LogP contribution in [0.2, 0.25) is 0 Å². The Balaban J connectivity index is 1.60. The fourth-order valence-electron chi connectivity index (χ4n) is 3.30. The molecule has 150 valence electrons. The molecule has 0 fully saturated rings. The van der Waals surface area contributed by atoms with Crippen LogP contribution in [0.15, 0.2) is 53.5 Å². The molecule has 0 bridgehead atoms. The van der Waals surface area contributed by atoms with Gasteiger partial charge in [0.25, 0.3) is 0 Å². The molecule has 0 saturated carbocycles. The van der Waals surface area contributed by atoms with Gasteiger partial charge in [-0.3, -0.25) is 4.31 Å². The van der Waals surface area contributed by atoms with Crippen LogP contribution in [0.4, 0.5) is 5.69 Å². The van der Waals surface area contributed by atoms with Crippen LogP contribution in [0.1, 0.15) is 23.6 Å². The highest BCUT2D eigenvalue weighted by Gasteiger charge is 2.28. The number of fused-ring (bicyclic) bond motifs is 1. The van der Waals surface area contributed by atoms with E-state index in [1.165, 1.54) is 9.87 Å². The Bertz CT molecular complexity index is 941. The molecule has 2 N–H and O–H groups in total. The van der Waals surface area contributed by atoms with E-state index in [9.17, 15) is 8.42 Å². The van der Waals surface area contributed by atoms with Gasteiger partial charge >= 0.3 is 0 Å². The van der Waals surface area contributed by atoms with Crippen LogP contribution >= 0.6 is 0 Å². The predicted molar refractivity (Wildman–Crippen MR) is 115 cm³/mol. The van der Waals surface area contributed by atoms with Crippen molar-refractivity contribution in [3.05, 3.63) is 65.2 Å². The molecule has 28 heavy (non-hydrogen) atoms. The smallest absolute Gasteiger partial charge is 0.236 e. The number of sulfonamides is 1. The average molecular weight is 401 g/mol. The number of hydrogen-bond acceptors (Lipinski definition) is 3. The molecule has 0 aromatic heterocycles. The standard InChI is InChI=1S/C21H28N4O2S/c1-3-22-21(24-16-19-10-5-4-8-17(19)2)23-13-15-28(26,27)25-14-12-18-9-6-7-11-20(18)25/h4-11H,3,12-16H2,1-2H3,(H2,22,23,24). The summed E-state index contributed by atoms with van der Waals surface area (Å²) in [6, 6.07) is 15.8. The highest BCUT2D eigenvalue weighted by Crippen LogP contribution is 2.29. The predicted octanol–water partition coefficient (Wildman–Crippen LogP) is 2.44. The summed E-state index contributed by atoms with van der Waals surface area (Å²) in [5, 5.41) is 6.32. The van der Waals surface area contributed by atoms with Gasteiger partial charge in [-0.15, -0.1) is 0 Å². The molecule has 2 aromatic rings. The number of hydrogen-bond donors (Lipinski definition) is 2. The lowest BCUT2D eigenvalue weighted by Crippen LogP contribution is -2.42. The first-order chi connectivity index (χ1) is 13.5. The second kappa shape index (κ2) is 9.10. The number of guanidine groups is 1. The number of para-hydroxylation sites is 1. The summed E-state index contributed by atoms with van der Waals surface area (Å²) < 4.78 is 27.1. The monoisotopic (exact) mass is 400 g/mol. The van der Waals surface area contributed by atoms with Crippen molar-refractivity contribution in [2.24, 2.45) is 4.99 Å². The maximum atomic E-state index is 12.8. The summed E-state index contributed by atoms with van der Waals surface area (Å²) in [6.07, 6.45) is 0.767. The van der Waals surface area contributed by atoms with Crippen molar-refractivity contribution in [1.29, 1.82) is 0 Å². The van der Waals surface area contributed by atoms with Crippen molar-refractivity contribution in [2.75, 3.05) is 29.7 Å². The lowest BCUT2D eigenvalue weighted by atomic mass is 10.1. The summed E-state index contributed by atoms with van der Waals surface area (Å²) in [6.45, 7) is 6.14. The van der Waals surface area contributed by atoms with Crippen molar-refractivity contribution in [2.45, 2.75) is 26.8 Å². The van der Waals surface area contributed by atoms with Crippen LogP contribution < -0.4 is 14.9 Å². The number of anilines is 1. The SMILES string of the molecule is CCNC(=NCc1ccccc1C)NCCS(=O)(=O)N1CCc2ccccc21. The van der Waals surface area contributed by atoms with Gasteiger partial charge in [0.1, 0.15) is 0 Å². The third-order valence-corrected chi connectivity index (χ3v) is 6.62. The Hall–Kier alpha value is -2.54. The third kappa shape index (κ3) is 4.84.